The molecular weight excluding hydrogens is 202 g/mol. The number of para-hydroxylation sites is 1. The van der Waals surface area contributed by atoms with Crippen molar-refractivity contribution in [3.8, 4) is 0 Å². The van der Waals surface area contributed by atoms with Crippen molar-refractivity contribution in [2.24, 2.45) is 0 Å². The molecule has 0 saturated carbocycles. The van der Waals surface area contributed by atoms with E-state index >= 15 is 0 Å². The molecule has 4 heteroatoms. The molecule has 1 N–H and O–H groups in total. The number of fused-ring (bicyclic) bond motifs is 1. The highest BCUT2D eigenvalue weighted by Gasteiger charge is 2.08. The minimum absolute atomic E-state index is 0.329. The Balaban J connectivity index is 2.09. The fraction of sp³-hybridized carbons (Fsp3) is 0.500. The summed E-state index contributed by atoms with van der Waals surface area (Å²) in [6.07, 6.45) is 2.65. The van der Waals surface area contributed by atoms with E-state index in [0.717, 1.165) is 30.3 Å². The van der Waals surface area contributed by atoms with E-state index < -0.39 is 0 Å². The number of hydrogen-bond donors (Lipinski definition) is 1. The predicted octanol–water partition coefficient (Wildman–Crippen LogP) is 1.98. The van der Waals surface area contributed by atoms with Crippen LogP contribution in [0, 0.1) is 0 Å². The molecule has 86 valence electrons. The van der Waals surface area contributed by atoms with Crippen molar-refractivity contribution in [1.29, 1.82) is 0 Å². The van der Waals surface area contributed by atoms with Crippen molar-refractivity contribution in [2.45, 2.75) is 38.8 Å². The van der Waals surface area contributed by atoms with Crippen LogP contribution in [0.4, 0.5) is 0 Å². The van der Waals surface area contributed by atoms with Gasteiger partial charge in [-0.25, -0.2) is 4.68 Å². The molecule has 2 rings (SSSR count). The summed E-state index contributed by atoms with van der Waals surface area (Å²) in [5.74, 6) is 0. The second-order valence-corrected chi connectivity index (χ2v) is 4.06. The van der Waals surface area contributed by atoms with E-state index in [4.69, 9.17) is 0 Å². The maximum Gasteiger partial charge on any atom is 0.113 e. The monoisotopic (exact) mass is 219 g/mol. The third kappa shape index (κ3) is 2.39. The minimum Gasteiger partial charge on any atom is -0.391 e. The summed E-state index contributed by atoms with van der Waals surface area (Å²) in [4.78, 5) is 0. The molecule has 2 aromatic rings. The van der Waals surface area contributed by atoms with Crippen LogP contribution in [0.15, 0.2) is 24.3 Å². The van der Waals surface area contributed by atoms with E-state index in [2.05, 4.69) is 17.2 Å². The Morgan fingerprint density at radius 3 is 3.00 bits per heavy atom. The molecule has 1 aromatic carbocycles. The van der Waals surface area contributed by atoms with Gasteiger partial charge >= 0.3 is 0 Å². The van der Waals surface area contributed by atoms with Gasteiger partial charge in [0, 0.05) is 0 Å². The van der Waals surface area contributed by atoms with Crippen LogP contribution in [-0.4, -0.2) is 26.2 Å². The number of unbranched alkanes of at least 4 members (excludes halogenated alkanes) is 1. The Morgan fingerprint density at radius 2 is 2.19 bits per heavy atom. The Kier molecular flexibility index (Phi) is 3.51. The molecule has 0 radical (unpaired) electrons. The van der Waals surface area contributed by atoms with E-state index in [1.54, 1.807) is 4.68 Å². The van der Waals surface area contributed by atoms with Gasteiger partial charge in [0.2, 0.25) is 0 Å². The van der Waals surface area contributed by atoms with Crippen molar-refractivity contribution in [2.75, 3.05) is 0 Å². The van der Waals surface area contributed by atoms with E-state index in [-0.39, 0.29) is 6.10 Å². The maximum atomic E-state index is 9.82. The highest BCUT2D eigenvalue weighted by atomic mass is 16.3. The molecule has 0 aliphatic heterocycles. The van der Waals surface area contributed by atoms with Gasteiger partial charge in [0.15, 0.2) is 0 Å². The Labute approximate surface area is 94.9 Å². The zero-order valence-corrected chi connectivity index (χ0v) is 9.50. The molecule has 0 bridgehead atoms. The Bertz CT molecular complexity index is 452. The first-order valence-corrected chi connectivity index (χ1v) is 5.77. The minimum atomic E-state index is -0.329. The zero-order valence-electron chi connectivity index (χ0n) is 9.50. The standard InChI is InChI=1S/C12H17N3O/c1-2-3-6-10(16)9-15-12-8-5-4-7-11(12)13-14-15/h4-5,7-8,10,16H,2-3,6,9H2,1H3. The maximum absolute atomic E-state index is 9.82. The first-order valence-electron chi connectivity index (χ1n) is 5.77. The van der Waals surface area contributed by atoms with Gasteiger partial charge in [-0.1, -0.05) is 37.1 Å². The topological polar surface area (TPSA) is 50.9 Å². The summed E-state index contributed by atoms with van der Waals surface area (Å²) < 4.78 is 1.77. The van der Waals surface area contributed by atoms with Gasteiger partial charge in [-0.3, -0.25) is 0 Å². The zero-order chi connectivity index (χ0) is 11.4. The SMILES string of the molecule is CCCCC(O)Cn1nnc2ccccc21. The van der Waals surface area contributed by atoms with Crippen LogP contribution in [0.1, 0.15) is 26.2 Å². The van der Waals surface area contributed by atoms with Crippen LogP contribution in [0.5, 0.6) is 0 Å². The number of rotatable bonds is 5. The Hall–Kier alpha value is -1.42. The average molecular weight is 219 g/mol. The van der Waals surface area contributed by atoms with E-state index in [0.29, 0.717) is 6.54 Å². The molecule has 1 unspecified atom stereocenters. The lowest BCUT2D eigenvalue weighted by Crippen LogP contribution is -2.16. The van der Waals surface area contributed by atoms with Crippen LogP contribution in [0.3, 0.4) is 0 Å². The number of hydrogen-bond acceptors (Lipinski definition) is 3. The fourth-order valence-electron chi connectivity index (χ4n) is 1.78. The van der Waals surface area contributed by atoms with Crippen molar-refractivity contribution in [3.63, 3.8) is 0 Å². The molecular formula is C12H17N3O. The third-order valence-corrected chi connectivity index (χ3v) is 2.69. The number of nitrogens with zero attached hydrogens (tertiary/aromatic N) is 3. The lowest BCUT2D eigenvalue weighted by atomic mass is 10.1. The number of aliphatic hydroxyl groups is 1. The first-order chi connectivity index (χ1) is 7.81. The number of aliphatic hydroxyl groups excluding tert-OH is 1. The summed E-state index contributed by atoms with van der Waals surface area (Å²) in [6, 6.07) is 7.80. The molecule has 1 aromatic heterocycles. The van der Waals surface area contributed by atoms with Crippen LogP contribution in [0.25, 0.3) is 11.0 Å². The van der Waals surface area contributed by atoms with Gasteiger partial charge in [0.1, 0.15) is 5.52 Å². The summed E-state index contributed by atoms with van der Waals surface area (Å²) in [7, 11) is 0. The average Bonchev–Trinajstić information content (AvgIpc) is 2.70. The molecule has 1 heterocycles. The van der Waals surface area contributed by atoms with E-state index in [9.17, 15) is 5.11 Å². The summed E-state index contributed by atoms with van der Waals surface area (Å²) in [5, 5.41) is 17.9. The fourth-order valence-corrected chi connectivity index (χ4v) is 1.78. The lowest BCUT2D eigenvalue weighted by molar-refractivity contribution is 0.138. The molecule has 0 saturated heterocycles. The van der Waals surface area contributed by atoms with Gasteiger partial charge in [0.05, 0.1) is 18.2 Å². The highest BCUT2D eigenvalue weighted by molar-refractivity contribution is 5.73. The van der Waals surface area contributed by atoms with Crippen molar-refractivity contribution < 1.29 is 5.11 Å². The second-order valence-electron chi connectivity index (χ2n) is 4.06. The van der Waals surface area contributed by atoms with Crippen LogP contribution in [0.2, 0.25) is 0 Å². The molecule has 0 aliphatic rings. The summed E-state index contributed by atoms with van der Waals surface area (Å²) >= 11 is 0. The summed E-state index contributed by atoms with van der Waals surface area (Å²) in [6.45, 7) is 2.65. The molecule has 4 nitrogen and oxygen atoms in total. The van der Waals surface area contributed by atoms with Gasteiger partial charge in [-0.2, -0.15) is 0 Å². The lowest BCUT2D eigenvalue weighted by Gasteiger charge is -2.09. The van der Waals surface area contributed by atoms with Crippen LogP contribution >= 0.6 is 0 Å². The number of benzene rings is 1. The number of aromatic nitrogens is 3. The van der Waals surface area contributed by atoms with E-state index in [1.807, 2.05) is 24.3 Å². The smallest absolute Gasteiger partial charge is 0.113 e. The van der Waals surface area contributed by atoms with Crippen molar-refractivity contribution in [1.82, 2.24) is 15.0 Å². The highest BCUT2D eigenvalue weighted by Crippen LogP contribution is 2.11. The third-order valence-electron chi connectivity index (χ3n) is 2.69. The predicted molar refractivity (Wildman–Crippen MR) is 63.1 cm³/mol. The second kappa shape index (κ2) is 5.07. The normalized spacial score (nSPS) is 13.1. The molecule has 0 amide bonds. The van der Waals surface area contributed by atoms with Gasteiger partial charge in [-0.15, -0.1) is 5.10 Å². The van der Waals surface area contributed by atoms with Crippen molar-refractivity contribution >= 4 is 11.0 Å². The van der Waals surface area contributed by atoms with Crippen LogP contribution < -0.4 is 0 Å². The van der Waals surface area contributed by atoms with E-state index in [1.165, 1.54) is 0 Å². The van der Waals surface area contributed by atoms with Crippen LogP contribution in [-0.2, 0) is 6.54 Å². The largest absolute Gasteiger partial charge is 0.391 e. The molecule has 1 atom stereocenters. The molecule has 16 heavy (non-hydrogen) atoms. The molecule has 0 aliphatic carbocycles. The first kappa shape index (κ1) is 11.1. The van der Waals surface area contributed by atoms with Gasteiger partial charge in [-0.05, 0) is 18.6 Å². The van der Waals surface area contributed by atoms with Gasteiger partial charge in [0.25, 0.3) is 0 Å². The van der Waals surface area contributed by atoms with Gasteiger partial charge < -0.3 is 5.11 Å². The summed E-state index contributed by atoms with van der Waals surface area (Å²) in [5.41, 5.74) is 1.86. The quantitative estimate of drug-likeness (QED) is 0.836. The Morgan fingerprint density at radius 1 is 1.38 bits per heavy atom. The molecule has 0 spiro atoms. The van der Waals surface area contributed by atoms with Crippen molar-refractivity contribution in [3.05, 3.63) is 24.3 Å². The molecule has 0 fully saturated rings.